The molecular weight excluding hydrogens is 349 g/mol. The van der Waals surface area contributed by atoms with E-state index in [1.165, 1.54) is 12.4 Å². The van der Waals surface area contributed by atoms with Gasteiger partial charge in [0.25, 0.3) is 5.91 Å². The first-order valence-electron chi connectivity index (χ1n) is 8.90. The summed E-state index contributed by atoms with van der Waals surface area (Å²) < 4.78 is 11.0. The lowest BCUT2D eigenvalue weighted by Crippen LogP contribution is -2.39. The molecule has 8 nitrogen and oxygen atoms in total. The maximum atomic E-state index is 12.2. The van der Waals surface area contributed by atoms with E-state index >= 15 is 0 Å². The average Bonchev–Trinajstić information content (AvgIpc) is 3.45. The van der Waals surface area contributed by atoms with Gasteiger partial charge in [0.1, 0.15) is 11.4 Å². The number of hydrogen-bond acceptors (Lipinski definition) is 7. The number of aliphatic hydroxyl groups excluding tert-OH is 1. The van der Waals surface area contributed by atoms with Crippen molar-refractivity contribution in [3.05, 3.63) is 41.3 Å². The van der Waals surface area contributed by atoms with Gasteiger partial charge in [-0.15, -0.1) is 0 Å². The molecule has 1 atom stereocenters. The average molecular weight is 369 g/mol. The van der Waals surface area contributed by atoms with Crippen LogP contribution in [0.5, 0.6) is 11.6 Å². The van der Waals surface area contributed by atoms with Gasteiger partial charge in [0.15, 0.2) is 0 Å². The highest BCUT2D eigenvalue weighted by Crippen LogP contribution is 2.32. The van der Waals surface area contributed by atoms with Crippen molar-refractivity contribution >= 4 is 18.5 Å². The first-order valence-corrected chi connectivity index (χ1v) is 8.90. The van der Waals surface area contributed by atoms with E-state index in [9.17, 15) is 14.9 Å². The molecule has 4 rings (SSSR count). The van der Waals surface area contributed by atoms with Crippen LogP contribution in [0, 0.1) is 12.8 Å². The van der Waals surface area contributed by atoms with Crippen LogP contribution < -0.4 is 15.5 Å². The zero-order valence-electron chi connectivity index (χ0n) is 14.9. The monoisotopic (exact) mass is 369 g/mol. The van der Waals surface area contributed by atoms with Crippen LogP contribution in [0.2, 0.25) is 0 Å². The van der Waals surface area contributed by atoms with Crippen LogP contribution in [0.4, 0.5) is 0 Å². The zero-order valence-corrected chi connectivity index (χ0v) is 14.9. The number of carbonyl (C=O) groups is 1. The SMILES string of the molecule is Cc1c(Oc2cnc(C(=O)NC(CO)C3CC3)cn2)ccc2c1B(O)OC2. The molecule has 1 fully saturated rings. The van der Waals surface area contributed by atoms with Crippen molar-refractivity contribution in [2.45, 2.75) is 32.4 Å². The summed E-state index contributed by atoms with van der Waals surface area (Å²) >= 11 is 0. The number of aliphatic hydroxyl groups is 1. The van der Waals surface area contributed by atoms with E-state index in [4.69, 9.17) is 9.39 Å². The Hall–Kier alpha value is -2.49. The molecule has 0 radical (unpaired) electrons. The van der Waals surface area contributed by atoms with Crippen LogP contribution in [0.3, 0.4) is 0 Å². The second kappa shape index (κ2) is 7.26. The molecule has 1 aliphatic heterocycles. The fourth-order valence-electron chi connectivity index (χ4n) is 3.25. The van der Waals surface area contributed by atoms with Gasteiger partial charge < -0.3 is 24.8 Å². The summed E-state index contributed by atoms with van der Waals surface area (Å²) in [6.45, 7) is 2.13. The van der Waals surface area contributed by atoms with Crippen molar-refractivity contribution in [2.75, 3.05) is 6.61 Å². The molecule has 140 valence electrons. The fourth-order valence-corrected chi connectivity index (χ4v) is 3.25. The van der Waals surface area contributed by atoms with Gasteiger partial charge >= 0.3 is 7.12 Å². The predicted octanol–water partition coefficient (Wildman–Crippen LogP) is 0.296. The summed E-state index contributed by atoms with van der Waals surface area (Å²) in [7, 11) is -0.952. The van der Waals surface area contributed by atoms with E-state index < -0.39 is 7.12 Å². The molecule has 1 aliphatic carbocycles. The summed E-state index contributed by atoms with van der Waals surface area (Å²) in [5.74, 6) is 0.758. The van der Waals surface area contributed by atoms with Crippen molar-refractivity contribution in [1.29, 1.82) is 0 Å². The molecule has 3 N–H and O–H groups in total. The normalized spacial score (nSPS) is 16.8. The van der Waals surface area contributed by atoms with Crippen molar-refractivity contribution in [3.8, 4) is 11.6 Å². The molecule has 0 saturated heterocycles. The van der Waals surface area contributed by atoms with Gasteiger partial charge in [-0.3, -0.25) is 4.79 Å². The Balaban J connectivity index is 1.45. The number of ether oxygens (including phenoxy) is 1. The van der Waals surface area contributed by atoms with Gasteiger partial charge in [0.2, 0.25) is 5.88 Å². The van der Waals surface area contributed by atoms with Gasteiger partial charge in [-0.25, -0.2) is 9.97 Å². The first kappa shape index (κ1) is 17.9. The minimum absolute atomic E-state index is 0.0851. The Morgan fingerprint density at radius 3 is 2.89 bits per heavy atom. The molecule has 1 unspecified atom stereocenters. The lowest BCUT2D eigenvalue weighted by atomic mass is 9.76. The number of aromatic nitrogens is 2. The summed E-state index contributed by atoms with van der Waals surface area (Å²) in [5, 5.41) is 22.1. The summed E-state index contributed by atoms with van der Waals surface area (Å²) in [5.41, 5.74) is 2.58. The molecule has 0 bridgehead atoms. The molecule has 9 heteroatoms. The van der Waals surface area contributed by atoms with E-state index in [-0.39, 0.29) is 30.1 Å². The summed E-state index contributed by atoms with van der Waals surface area (Å²) in [4.78, 5) is 20.5. The Morgan fingerprint density at radius 2 is 2.22 bits per heavy atom. The third-order valence-corrected chi connectivity index (χ3v) is 4.98. The maximum Gasteiger partial charge on any atom is 0.492 e. The number of carbonyl (C=O) groups excluding carboxylic acids is 1. The number of nitrogens with one attached hydrogen (secondary N) is 1. The second-order valence-corrected chi connectivity index (χ2v) is 6.87. The highest BCUT2D eigenvalue weighted by atomic mass is 16.5. The Bertz CT molecular complexity index is 857. The number of nitrogens with zero attached hydrogens (tertiary/aromatic N) is 2. The number of amides is 1. The minimum atomic E-state index is -0.952. The third-order valence-electron chi connectivity index (χ3n) is 4.98. The van der Waals surface area contributed by atoms with Gasteiger partial charge in [0, 0.05) is 0 Å². The van der Waals surface area contributed by atoms with Gasteiger partial charge in [0.05, 0.1) is 31.6 Å². The fraction of sp³-hybridized carbons (Fsp3) is 0.389. The van der Waals surface area contributed by atoms with E-state index in [2.05, 4.69) is 15.3 Å². The predicted molar refractivity (Wildman–Crippen MR) is 96.7 cm³/mol. The number of fused-ring (bicyclic) bond motifs is 1. The Kier molecular flexibility index (Phi) is 4.82. The van der Waals surface area contributed by atoms with E-state index in [0.717, 1.165) is 24.0 Å². The van der Waals surface area contributed by atoms with E-state index in [0.29, 0.717) is 23.7 Å². The highest BCUT2D eigenvalue weighted by Gasteiger charge is 2.32. The largest absolute Gasteiger partial charge is 0.492 e. The number of rotatable bonds is 6. The van der Waals surface area contributed by atoms with Crippen LogP contribution in [-0.4, -0.2) is 45.8 Å². The van der Waals surface area contributed by atoms with E-state index in [1.807, 2.05) is 13.0 Å². The topological polar surface area (TPSA) is 114 Å². The smallest absolute Gasteiger partial charge is 0.437 e. The lowest BCUT2D eigenvalue weighted by Gasteiger charge is -2.15. The molecule has 27 heavy (non-hydrogen) atoms. The molecule has 2 aromatic rings. The van der Waals surface area contributed by atoms with Crippen molar-refractivity contribution < 1.29 is 24.3 Å². The van der Waals surface area contributed by atoms with E-state index in [1.54, 1.807) is 6.07 Å². The molecule has 0 spiro atoms. The molecule has 1 saturated carbocycles. The summed E-state index contributed by atoms with van der Waals surface area (Å²) in [6, 6.07) is 3.40. The van der Waals surface area contributed by atoms with Crippen LogP contribution in [0.15, 0.2) is 24.5 Å². The Labute approximate surface area is 156 Å². The third kappa shape index (κ3) is 3.66. The van der Waals surface area contributed by atoms with Crippen LogP contribution in [0.25, 0.3) is 0 Å². The van der Waals surface area contributed by atoms with Gasteiger partial charge in [-0.05, 0) is 48.3 Å². The molecular formula is C18H20BN3O5. The Morgan fingerprint density at radius 1 is 1.41 bits per heavy atom. The minimum Gasteiger partial charge on any atom is -0.437 e. The molecule has 2 heterocycles. The second-order valence-electron chi connectivity index (χ2n) is 6.87. The maximum absolute atomic E-state index is 12.2. The van der Waals surface area contributed by atoms with Crippen LogP contribution in [0.1, 0.15) is 34.5 Å². The van der Waals surface area contributed by atoms with Crippen molar-refractivity contribution in [1.82, 2.24) is 15.3 Å². The van der Waals surface area contributed by atoms with Gasteiger partial charge in [-0.1, -0.05) is 6.07 Å². The van der Waals surface area contributed by atoms with Crippen LogP contribution in [-0.2, 0) is 11.3 Å². The zero-order chi connectivity index (χ0) is 19.0. The number of hydrogen-bond donors (Lipinski definition) is 3. The lowest BCUT2D eigenvalue weighted by molar-refractivity contribution is 0.0902. The molecule has 1 aromatic carbocycles. The van der Waals surface area contributed by atoms with Crippen molar-refractivity contribution in [2.24, 2.45) is 5.92 Å². The highest BCUT2D eigenvalue weighted by molar-refractivity contribution is 6.62. The quantitative estimate of drug-likeness (QED) is 0.628. The first-order chi connectivity index (χ1) is 13.1. The van der Waals surface area contributed by atoms with Gasteiger partial charge in [-0.2, -0.15) is 0 Å². The number of benzene rings is 1. The molecule has 2 aliphatic rings. The van der Waals surface area contributed by atoms with Crippen LogP contribution >= 0.6 is 0 Å². The molecule has 1 aromatic heterocycles. The molecule has 1 amide bonds. The summed E-state index contributed by atoms with van der Waals surface area (Å²) in [6.07, 6.45) is 4.75. The standard InChI is InChI=1S/C18H20BN3O5/c1-10-15(5-4-12-9-26-19(25)17(10)12)27-16-7-20-13(6-21-16)18(24)22-14(8-23)11-2-3-11/h4-7,11,14,23,25H,2-3,8-9H2,1H3,(H,22,24). The van der Waals surface area contributed by atoms with Crippen molar-refractivity contribution in [3.63, 3.8) is 0 Å².